The van der Waals surface area contributed by atoms with Crippen molar-refractivity contribution in [2.45, 2.75) is 19.3 Å². The summed E-state index contributed by atoms with van der Waals surface area (Å²) in [5, 5.41) is 10.00. The highest BCUT2D eigenvalue weighted by Gasteiger charge is 2.28. The van der Waals surface area contributed by atoms with E-state index in [1.807, 2.05) is 0 Å². The third-order valence-electron chi connectivity index (χ3n) is 3.62. The van der Waals surface area contributed by atoms with Crippen molar-refractivity contribution in [1.82, 2.24) is 0 Å². The number of carbonyl (C=O) groups excluding carboxylic acids is 1. The summed E-state index contributed by atoms with van der Waals surface area (Å²) in [5.41, 5.74) is 0. The first-order valence-corrected chi connectivity index (χ1v) is 6.96. The summed E-state index contributed by atoms with van der Waals surface area (Å²) in [5.74, 6) is -0.844. The fourth-order valence-electron chi connectivity index (χ4n) is 2.30. The molecule has 1 heterocycles. The Kier molecular flexibility index (Phi) is 2.93. The zero-order valence-electron chi connectivity index (χ0n) is 10.4. The van der Waals surface area contributed by atoms with E-state index in [-0.39, 0.29) is 23.2 Å². The third kappa shape index (κ3) is 1.89. The van der Waals surface area contributed by atoms with Gasteiger partial charge in [-0.05, 0) is 18.9 Å². The van der Waals surface area contributed by atoms with Crippen LogP contribution in [0.3, 0.4) is 0 Å². The molecule has 1 aliphatic rings. The number of Topliss-reactive ketones (excluding diaryl/α,β-unsaturated/α-hetero) is 1. The molecule has 0 atom stereocenters. The van der Waals surface area contributed by atoms with Gasteiger partial charge >= 0.3 is 0 Å². The minimum absolute atomic E-state index is 0.0882. The number of ether oxygens (including phenoxy) is 1. The summed E-state index contributed by atoms with van der Waals surface area (Å²) in [7, 11) is 1.30. The Morgan fingerprint density at radius 3 is 2.79 bits per heavy atom. The molecule has 0 radical (unpaired) electrons. The molecule has 1 aliphatic carbocycles. The van der Waals surface area contributed by atoms with E-state index in [4.69, 9.17) is 4.74 Å². The van der Waals surface area contributed by atoms with E-state index in [0.29, 0.717) is 15.0 Å². The highest BCUT2D eigenvalue weighted by atomic mass is 32.1. The lowest BCUT2D eigenvalue weighted by atomic mass is 9.82. The van der Waals surface area contributed by atoms with Crippen molar-refractivity contribution in [3.05, 3.63) is 22.8 Å². The summed E-state index contributed by atoms with van der Waals surface area (Å²) in [4.78, 5) is 12.7. The first-order chi connectivity index (χ1) is 9.11. The van der Waals surface area contributed by atoms with E-state index in [2.05, 4.69) is 0 Å². The van der Waals surface area contributed by atoms with Crippen molar-refractivity contribution in [1.29, 1.82) is 0 Å². The molecular formula is C14H13FO3S. The molecule has 3 rings (SSSR count). The number of rotatable bonds is 3. The molecule has 1 fully saturated rings. The first kappa shape index (κ1) is 12.4. The molecule has 1 aromatic carbocycles. The summed E-state index contributed by atoms with van der Waals surface area (Å²) >= 11 is 1.23. The molecule has 0 bridgehead atoms. The molecule has 1 N–H and O–H groups in total. The van der Waals surface area contributed by atoms with E-state index in [9.17, 15) is 14.3 Å². The summed E-state index contributed by atoms with van der Waals surface area (Å²) < 4.78 is 19.5. The van der Waals surface area contributed by atoms with Gasteiger partial charge in [0, 0.05) is 22.1 Å². The highest BCUT2D eigenvalue weighted by molar-refractivity contribution is 7.20. The van der Waals surface area contributed by atoms with Gasteiger partial charge in [0.2, 0.25) is 0 Å². The zero-order chi connectivity index (χ0) is 13.6. The Morgan fingerprint density at radius 2 is 2.21 bits per heavy atom. The van der Waals surface area contributed by atoms with Crippen LogP contribution in [0, 0.1) is 11.7 Å². The number of ketones is 1. The summed E-state index contributed by atoms with van der Waals surface area (Å²) in [6.07, 6.45) is 2.93. The lowest BCUT2D eigenvalue weighted by Gasteiger charge is -2.22. The Labute approximate surface area is 113 Å². The molecule has 19 heavy (non-hydrogen) atoms. The van der Waals surface area contributed by atoms with E-state index >= 15 is 0 Å². The number of halogens is 1. The van der Waals surface area contributed by atoms with E-state index in [1.165, 1.54) is 24.5 Å². The number of hydrogen-bond acceptors (Lipinski definition) is 4. The molecule has 0 unspecified atom stereocenters. The minimum atomic E-state index is -0.610. The van der Waals surface area contributed by atoms with Gasteiger partial charge in [-0.3, -0.25) is 4.79 Å². The highest BCUT2D eigenvalue weighted by Crippen LogP contribution is 2.40. The molecule has 1 aromatic heterocycles. The Morgan fingerprint density at radius 1 is 1.47 bits per heavy atom. The Balaban J connectivity index is 2.10. The number of hydrogen-bond donors (Lipinski definition) is 1. The Bertz CT molecular complexity index is 658. The second kappa shape index (κ2) is 4.49. The molecule has 2 aromatic rings. The molecule has 100 valence electrons. The van der Waals surface area contributed by atoms with Crippen molar-refractivity contribution in [2.75, 3.05) is 7.11 Å². The van der Waals surface area contributed by atoms with Gasteiger partial charge in [-0.2, -0.15) is 0 Å². The Hall–Kier alpha value is -1.62. The fraction of sp³-hybridized carbons (Fsp3) is 0.357. The van der Waals surface area contributed by atoms with Crippen LogP contribution < -0.4 is 4.74 Å². The van der Waals surface area contributed by atoms with Crippen molar-refractivity contribution in [3.8, 4) is 11.5 Å². The van der Waals surface area contributed by atoms with Gasteiger partial charge in [0.25, 0.3) is 0 Å². The van der Waals surface area contributed by atoms with Crippen molar-refractivity contribution in [2.24, 2.45) is 5.92 Å². The molecule has 0 amide bonds. The van der Waals surface area contributed by atoms with Gasteiger partial charge in [-0.25, -0.2) is 4.39 Å². The zero-order valence-corrected chi connectivity index (χ0v) is 11.2. The van der Waals surface area contributed by atoms with Crippen LogP contribution in [0.15, 0.2) is 12.1 Å². The van der Waals surface area contributed by atoms with Gasteiger partial charge in [-0.1, -0.05) is 6.42 Å². The maximum absolute atomic E-state index is 14.1. The van der Waals surface area contributed by atoms with Gasteiger partial charge in [-0.15, -0.1) is 11.3 Å². The quantitative estimate of drug-likeness (QED) is 0.871. The van der Waals surface area contributed by atoms with Crippen molar-refractivity contribution >= 4 is 27.2 Å². The number of phenols is 1. The average Bonchev–Trinajstić information content (AvgIpc) is 2.71. The van der Waals surface area contributed by atoms with Crippen LogP contribution in [-0.2, 0) is 0 Å². The normalized spacial score (nSPS) is 15.5. The van der Waals surface area contributed by atoms with Crippen LogP contribution in [0.5, 0.6) is 11.5 Å². The third-order valence-corrected chi connectivity index (χ3v) is 4.72. The number of fused-ring (bicyclic) bond motifs is 1. The van der Waals surface area contributed by atoms with Gasteiger partial charge in [0.15, 0.2) is 23.1 Å². The van der Waals surface area contributed by atoms with Gasteiger partial charge in [0.05, 0.1) is 12.0 Å². The largest absolute Gasteiger partial charge is 0.504 e. The number of phenolic OH excluding ortho intramolecular Hbond substituents is 1. The maximum atomic E-state index is 14.1. The number of carbonyl (C=O) groups is 1. The van der Waals surface area contributed by atoms with Crippen LogP contribution in [0.2, 0.25) is 0 Å². The topological polar surface area (TPSA) is 46.5 Å². The molecule has 0 aliphatic heterocycles. The number of benzene rings is 1. The average molecular weight is 280 g/mol. The molecular weight excluding hydrogens is 267 g/mol. The van der Waals surface area contributed by atoms with Crippen LogP contribution in [0.1, 0.15) is 28.9 Å². The first-order valence-electron chi connectivity index (χ1n) is 6.15. The van der Waals surface area contributed by atoms with Crippen LogP contribution >= 0.6 is 11.3 Å². The van der Waals surface area contributed by atoms with E-state index < -0.39 is 5.82 Å². The summed E-state index contributed by atoms with van der Waals surface area (Å²) in [6.45, 7) is 0. The number of thiophene rings is 1. The predicted octanol–water partition coefficient (Wildman–Crippen LogP) is 3.74. The number of aromatic hydroxyl groups is 1. The second-order valence-electron chi connectivity index (χ2n) is 4.76. The molecule has 5 heteroatoms. The molecule has 0 saturated heterocycles. The molecule has 0 spiro atoms. The van der Waals surface area contributed by atoms with Crippen LogP contribution in [0.4, 0.5) is 4.39 Å². The van der Waals surface area contributed by atoms with Gasteiger partial charge < -0.3 is 9.84 Å². The lowest BCUT2D eigenvalue weighted by Crippen LogP contribution is -2.20. The van der Waals surface area contributed by atoms with Crippen LogP contribution in [-0.4, -0.2) is 18.0 Å². The second-order valence-corrected chi connectivity index (χ2v) is 5.84. The van der Waals surface area contributed by atoms with E-state index in [0.717, 1.165) is 19.3 Å². The molecule has 3 nitrogen and oxygen atoms in total. The lowest BCUT2D eigenvalue weighted by molar-refractivity contribution is 0.0859. The smallest absolute Gasteiger partial charge is 0.197 e. The molecule has 1 saturated carbocycles. The van der Waals surface area contributed by atoms with Crippen LogP contribution in [0.25, 0.3) is 10.1 Å². The summed E-state index contributed by atoms with van der Waals surface area (Å²) in [6, 6.07) is 3.01. The fourth-order valence-corrected chi connectivity index (χ4v) is 3.41. The number of methoxy groups -OCH3 is 1. The van der Waals surface area contributed by atoms with Crippen molar-refractivity contribution < 1.29 is 19.0 Å². The minimum Gasteiger partial charge on any atom is -0.504 e. The SMILES string of the molecule is COc1c(O)cc2sc(C(=O)C3CCC3)cc2c1F. The maximum Gasteiger partial charge on any atom is 0.197 e. The monoisotopic (exact) mass is 280 g/mol. The van der Waals surface area contributed by atoms with Crippen molar-refractivity contribution in [3.63, 3.8) is 0 Å². The van der Waals surface area contributed by atoms with E-state index in [1.54, 1.807) is 6.07 Å². The predicted molar refractivity (Wildman–Crippen MR) is 71.7 cm³/mol. The standard InChI is InChI=1S/C14H13FO3S/c1-18-14-9(16)6-10-8(12(14)15)5-11(19-10)13(17)7-3-2-4-7/h5-7,16H,2-4H2,1H3. The van der Waals surface area contributed by atoms with Gasteiger partial charge in [0.1, 0.15) is 0 Å².